The van der Waals surface area contributed by atoms with Gasteiger partial charge >= 0.3 is 5.97 Å². The molecule has 1 aromatic heterocycles. The average molecular weight is 277 g/mol. The summed E-state index contributed by atoms with van der Waals surface area (Å²) in [5, 5.41) is 9.79. The Hall–Kier alpha value is -2.08. The van der Waals surface area contributed by atoms with E-state index >= 15 is 0 Å². The molecule has 0 fully saturated rings. The normalized spacial score (nSPS) is 12.7. The zero-order valence-corrected chi connectivity index (χ0v) is 11.0. The number of rotatable bonds is 3. The molecule has 0 spiro atoms. The van der Waals surface area contributed by atoms with Crippen molar-refractivity contribution in [3.8, 4) is 11.5 Å². The van der Waals surface area contributed by atoms with E-state index in [-0.39, 0.29) is 6.79 Å². The van der Waals surface area contributed by atoms with E-state index in [0.29, 0.717) is 17.0 Å². The molecule has 0 amide bonds. The largest absolute Gasteiger partial charge is 0.477 e. The van der Waals surface area contributed by atoms with Gasteiger partial charge in [-0.3, -0.25) is 0 Å². The van der Waals surface area contributed by atoms with Gasteiger partial charge in [0.15, 0.2) is 11.5 Å². The third kappa shape index (κ3) is 2.26. The SMILES string of the molecule is Cc1nc(Cc2ccc3c(c2)OCO3)sc1C(=O)O. The van der Waals surface area contributed by atoms with Crippen molar-refractivity contribution >= 4 is 17.3 Å². The van der Waals surface area contributed by atoms with Gasteiger partial charge in [0.2, 0.25) is 6.79 Å². The van der Waals surface area contributed by atoms with Crippen LogP contribution in [-0.2, 0) is 6.42 Å². The number of benzene rings is 1. The zero-order valence-electron chi connectivity index (χ0n) is 10.2. The molecular formula is C13H11NO4S. The maximum Gasteiger partial charge on any atom is 0.347 e. The van der Waals surface area contributed by atoms with Crippen molar-refractivity contribution in [2.45, 2.75) is 13.3 Å². The van der Waals surface area contributed by atoms with Gasteiger partial charge in [-0.15, -0.1) is 11.3 Å². The van der Waals surface area contributed by atoms with Gasteiger partial charge in [-0.2, -0.15) is 0 Å². The first kappa shape index (κ1) is 12.0. The number of ether oxygens (including phenoxy) is 2. The van der Waals surface area contributed by atoms with E-state index < -0.39 is 5.97 Å². The smallest absolute Gasteiger partial charge is 0.347 e. The number of nitrogens with zero attached hydrogens (tertiary/aromatic N) is 1. The lowest BCUT2D eigenvalue weighted by molar-refractivity contribution is 0.0701. The van der Waals surface area contributed by atoms with Crippen molar-refractivity contribution in [3.63, 3.8) is 0 Å². The van der Waals surface area contributed by atoms with E-state index in [1.807, 2.05) is 18.2 Å². The minimum Gasteiger partial charge on any atom is -0.477 e. The summed E-state index contributed by atoms with van der Waals surface area (Å²) in [5.41, 5.74) is 1.59. The minimum atomic E-state index is -0.924. The number of aromatic nitrogens is 1. The van der Waals surface area contributed by atoms with Crippen molar-refractivity contribution in [1.29, 1.82) is 0 Å². The van der Waals surface area contributed by atoms with Crippen molar-refractivity contribution in [2.75, 3.05) is 6.79 Å². The van der Waals surface area contributed by atoms with Crippen LogP contribution in [0.5, 0.6) is 11.5 Å². The maximum absolute atomic E-state index is 11.0. The molecule has 0 saturated carbocycles. The second-order valence-corrected chi connectivity index (χ2v) is 5.28. The van der Waals surface area contributed by atoms with Crippen LogP contribution in [0.2, 0.25) is 0 Å². The Morgan fingerprint density at radius 1 is 1.42 bits per heavy atom. The van der Waals surface area contributed by atoms with E-state index in [0.717, 1.165) is 22.1 Å². The molecule has 1 N–H and O–H groups in total. The van der Waals surface area contributed by atoms with E-state index in [4.69, 9.17) is 14.6 Å². The van der Waals surface area contributed by atoms with Gasteiger partial charge in [0, 0.05) is 6.42 Å². The van der Waals surface area contributed by atoms with Gasteiger partial charge in [0.25, 0.3) is 0 Å². The van der Waals surface area contributed by atoms with Gasteiger partial charge in [-0.1, -0.05) is 6.07 Å². The highest BCUT2D eigenvalue weighted by molar-refractivity contribution is 7.13. The van der Waals surface area contributed by atoms with Gasteiger partial charge in [0.1, 0.15) is 4.88 Å². The third-order valence-corrected chi connectivity index (χ3v) is 3.97. The highest BCUT2D eigenvalue weighted by Gasteiger charge is 2.16. The van der Waals surface area contributed by atoms with Crippen LogP contribution in [0, 0.1) is 6.92 Å². The number of fused-ring (bicyclic) bond motifs is 1. The third-order valence-electron chi connectivity index (χ3n) is 2.83. The van der Waals surface area contributed by atoms with Crippen LogP contribution in [0.15, 0.2) is 18.2 Å². The topological polar surface area (TPSA) is 68.7 Å². The van der Waals surface area contributed by atoms with Crippen molar-refractivity contribution in [1.82, 2.24) is 4.98 Å². The van der Waals surface area contributed by atoms with Crippen LogP contribution in [0.3, 0.4) is 0 Å². The first-order chi connectivity index (χ1) is 9.13. The molecule has 98 valence electrons. The Balaban J connectivity index is 1.85. The molecule has 1 aromatic carbocycles. The number of hydrogen-bond donors (Lipinski definition) is 1. The summed E-state index contributed by atoms with van der Waals surface area (Å²) < 4.78 is 10.6. The Labute approximate surface area is 113 Å². The monoisotopic (exact) mass is 277 g/mol. The molecule has 0 unspecified atom stereocenters. The molecule has 2 heterocycles. The predicted octanol–water partition coefficient (Wildman–Crippen LogP) is 2.47. The number of aromatic carboxylic acids is 1. The summed E-state index contributed by atoms with van der Waals surface area (Å²) >= 11 is 1.21. The summed E-state index contributed by atoms with van der Waals surface area (Å²) in [6, 6.07) is 5.69. The summed E-state index contributed by atoms with van der Waals surface area (Å²) in [6.07, 6.45) is 0.593. The summed E-state index contributed by atoms with van der Waals surface area (Å²) in [4.78, 5) is 15.6. The lowest BCUT2D eigenvalue weighted by Gasteiger charge is -2.00. The lowest BCUT2D eigenvalue weighted by Crippen LogP contribution is -1.94. The van der Waals surface area contributed by atoms with Crippen LogP contribution in [-0.4, -0.2) is 22.9 Å². The first-order valence-electron chi connectivity index (χ1n) is 5.71. The minimum absolute atomic E-state index is 0.248. The molecule has 6 heteroatoms. The molecular weight excluding hydrogens is 266 g/mol. The first-order valence-corrected chi connectivity index (χ1v) is 6.53. The Bertz CT molecular complexity index is 650. The Morgan fingerprint density at radius 3 is 2.95 bits per heavy atom. The van der Waals surface area contributed by atoms with E-state index in [1.54, 1.807) is 6.92 Å². The fraction of sp³-hybridized carbons (Fsp3) is 0.231. The number of carbonyl (C=O) groups is 1. The van der Waals surface area contributed by atoms with Crippen LogP contribution in [0.25, 0.3) is 0 Å². The predicted molar refractivity (Wildman–Crippen MR) is 69.2 cm³/mol. The van der Waals surface area contributed by atoms with Gasteiger partial charge < -0.3 is 14.6 Å². The van der Waals surface area contributed by atoms with Crippen LogP contribution in [0.4, 0.5) is 0 Å². The van der Waals surface area contributed by atoms with Gasteiger partial charge in [0.05, 0.1) is 10.7 Å². The highest BCUT2D eigenvalue weighted by Crippen LogP contribution is 2.33. The quantitative estimate of drug-likeness (QED) is 0.933. The van der Waals surface area contributed by atoms with Crippen molar-refractivity contribution in [2.24, 2.45) is 0 Å². The fourth-order valence-corrected chi connectivity index (χ4v) is 2.89. The molecule has 0 atom stereocenters. The molecule has 0 radical (unpaired) electrons. The average Bonchev–Trinajstić information content (AvgIpc) is 2.95. The molecule has 2 aromatic rings. The zero-order chi connectivity index (χ0) is 13.4. The molecule has 0 aliphatic carbocycles. The highest BCUT2D eigenvalue weighted by atomic mass is 32.1. The van der Waals surface area contributed by atoms with Crippen molar-refractivity contribution in [3.05, 3.63) is 39.3 Å². The summed E-state index contributed by atoms with van der Waals surface area (Å²) in [7, 11) is 0. The molecule has 1 aliphatic heterocycles. The number of thiazole rings is 1. The van der Waals surface area contributed by atoms with Gasteiger partial charge in [-0.05, 0) is 24.6 Å². The van der Waals surface area contributed by atoms with E-state index in [2.05, 4.69) is 4.98 Å². The lowest BCUT2D eigenvalue weighted by atomic mass is 10.1. The molecule has 0 saturated heterocycles. The number of aryl methyl sites for hydroxylation is 1. The second-order valence-electron chi connectivity index (χ2n) is 4.19. The van der Waals surface area contributed by atoms with Gasteiger partial charge in [-0.25, -0.2) is 9.78 Å². The fourth-order valence-electron chi connectivity index (χ4n) is 1.95. The second kappa shape index (κ2) is 4.55. The number of carboxylic acid groups (broad SMARTS) is 1. The maximum atomic E-state index is 11.0. The summed E-state index contributed by atoms with van der Waals surface area (Å²) in [6.45, 7) is 1.96. The summed E-state index contributed by atoms with van der Waals surface area (Å²) in [5.74, 6) is 0.543. The Kier molecular flexibility index (Phi) is 2.87. The van der Waals surface area contributed by atoms with Crippen molar-refractivity contribution < 1.29 is 19.4 Å². The molecule has 3 rings (SSSR count). The molecule has 5 nitrogen and oxygen atoms in total. The van der Waals surface area contributed by atoms with Crippen LogP contribution in [0.1, 0.15) is 25.9 Å². The molecule has 0 bridgehead atoms. The number of hydrogen-bond acceptors (Lipinski definition) is 5. The van der Waals surface area contributed by atoms with E-state index in [9.17, 15) is 4.79 Å². The molecule has 19 heavy (non-hydrogen) atoms. The standard InChI is InChI=1S/C13H11NO4S/c1-7-12(13(15)16)19-11(14-7)5-8-2-3-9-10(4-8)18-6-17-9/h2-4H,5-6H2,1H3,(H,15,16). The van der Waals surface area contributed by atoms with E-state index in [1.165, 1.54) is 11.3 Å². The van der Waals surface area contributed by atoms with Crippen LogP contribution >= 0.6 is 11.3 Å². The molecule has 1 aliphatic rings. The Morgan fingerprint density at radius 2 is 2.21 bits per heavy atom. The number of carboxylic acids is 1. The van der Waals surface area contributed by atoms with Crippen LogP contribution < -0.4 is 9.47 Å².